The lowest BCUT2D eigenvalue weighted by atomic mass is 10.2. The molecule has 0 aliphatic carbocycles. The third-order valence-electron chi connectivity index (χ3n) is 4.56. The van der Waals surface area contributed by atoms with Gasteiger partial charge in [-0.05, 0) is 25.1 Å². The van der Waals surface area contributed by atoms with Gasteiger partial charge in [0.15, 0.2) is 11.6 Å². The molecule has 0 amide bonds. The quantitative estimate of drug-likeness (QED) is 0.439. The number of carbonyl (C=O) groups excluding carboxylic acids is 1. The molecule has 0 N–H and O–H groups in total. The molecular formula is C21H22N4O4S. The molecule has 0 unspecified atom stereocenters. The van der Waals surface area contributed by atoms with E-state index < -0.39 is 0 Å². The number of anilines is 1. The van der Waals surface area contributed by atoms with Crippen LogP contribution in [-0.4, -0.2) is 60.9 Å². The Labute approximate surface area is 178 Å². The van der Waals surface area contributed by atoms with Crippen molar-refractivity contribution in [3.8, 4) is 17.3 Å². The molecule has 1 aliphatic rings. The van der Waals surface area contributed by atoms with Gasteiger partial charge < -0.3 is 19.1 Å². The van der Waals surface area contributed by atoms with Crippen LogP contribution >= 0.6 is 11.3 Å². The van der Waals surface area contributed by atoms with Crippen LogP contribution in [0, 0.1) is 0 Å². The molecule has 3 aromatic heterocycles. The molecule has 0 atom stereocenters. The van der Waals surface area contributed by atoms with Crippen LogP contribution in [0.3, 0.4) is 0 Å². The van der Waals surface area contributed by atoms with E-state index in [-0.39, 0.29) is 5.97 Å². The Kier molecular flexibility index (Phi) is 6.20. The van der Waals surface area contributed by atoms with Gasteiger partial charge in [-0.25, -0.2) is 19.7 Å². The average molecular weight is 426 g/mol. The van der Waals surface area contributed by atoms with Gasteiger partial charge in [-0.15, -0.1) is 11.3 Å². The van der Waals surface area contributed by atoms with Crippen LogP contribution in [0.2, 0.25) is 0 Å². The number of hydrogen-bond donors (Lipinski definition) is 0. The molecule has 3 aromatic rings. The van der Waals surface area contributed by atoms with Crippen molar-refractivity contribution >= 4 is 39.4 Å². The topological polar surface area (TPSA) is 86.7 Å². The Morgan fingerprint density at radius 3 is 2.83 bits per heavy atom. The fourth-order valence-corrected chi connectivity index (χ4v) is 4.13. The standard InChI is InChI=1S/C21H22N4O4S/c1-3-29-18(26)7-5-15-12-16-19(30-15)21(25-8-10-28-11-9-25)24-20(23-16)14-4-6-17(27-2)22-13-14/h4-7,12-13H,3,8-11H2,1-2H3/b7-5+. The number of fused-ring (bicyclic) bond motifs is 1. The first-order chi connectivity index (χ1) is 14.7. The van der Waals surface area contributed by atoms with E-state index in [4.69, 9.17) is 24.2 Å². The number of thiophene rings is 1. The van der Waals surface area contributed by atoms with Gasteiger partial charge in [0, 0.05) is 41.9 Å². The first-order valence-electron chi connectivity index (χ1n) is 9.67. The molecule has 8 nitrogen and oxygen atoms in total. The van der Waals surface area contributed by atoms with Crippen LogP contribution in [0.15, 0.2) is 30.5 Å². The molecule has 156 valence electrons. The molecule has 0 radical (unpaired) electrons. The normalized spacial score (nSPS) is 14.4. The maximum Gasteiger partial charge on any atom is 0.330 e. The first-order valence-corrected chi connectivity index (χ1v) is 10.5. The lowest BCUT2D eigenvalue weighted by Crippen LogP contribution is -2.36. The number of methoxy groups -OCH3 is 1. The molecule has 0 bridgehead atoms. The third kappa shape index (κ3) is 4.42. The summed E-state index contributed by atoms with van der Waals surface area (Å²) in [6, 6.07) is 5.64. The number of pyridine rings is 1. The summed E-state index contributed by atoms with van der Waals surface area (Å²) in [6.07, 6.45) is 4.89. The van der Waals surface area contributed by atoms with E-state index in [1.807, 2.05) is 12.1 Å². The van der Waals surface area contributed by atoms with E-state index in [9.17, 15) is 4.79 Å². The Bertz CT molecular complexity index is 1060. The lowest BCUT2D eigenvalue weighted by molar-refractivity contribution is -0.137. The number of esters is 1. The van der Waals surface area contributed by atoms with Crippen molar-refractivity contribution in [3.63, 3.8) is 0 Å². The highest BCUT2D eigenvalue weighted by Gasteiger charge is 2.20. The smallest absolute Gasteiger partial charge is 0.330 e. The van der Waals surface area contributed by atoms with Crippen LogP contribution in [0.4, 0.5) is 5.82 Å². The van der Waals surface area contributed by atoms with E-state index in [1.165, 1.54) is 6.08 Å². The Balaban J connectivity index is 1.76. The molecule has 0 saturated carbocycles. The second-order valence-electron chi connectivity index (χ2n) is 6.51. The Hall–Kier alpha value is -3.04. The van der Waals surface area contributed by atoms with Crippen molar-refractivity contribution in [2.75, 3.05) is 44.9 Å². The lowest BCUT2D eigenvalue weighted by Gasteiger charge is -2.28. The third-order valence-corrected chi connectivity index (χ3v) is 5.64. The minimum Gasteiger partial charge on any atom is -0.481 e. The number of nitrogens with zero attached hydrogens (tertiary/aromatic N) is 4. The van der Waals surface area contributed by atoms with Crippen molar-refractivity contribution in [2.24, 2.45) is 0 Å². The van der Waals surface area contributed by atoms with Crippen molar-refractivity contribution in [1.29, 1.82) is 0 Å². The zero-order chi connectivity index (χ0) is 20.9. The van der Waals surface area contributed by atoms with E-state index in [0.717, 1.165) is 39.6 Å². The zero-order valence-electron chi connectivity index (χ0n) is 16.8. The molecule has 0 spiro atoms. The Morgan fingerprint density at radius 1 is 1.30 bits per heavy atom. The predicted octanol–water partition coefficient (Wildman–Crippen LogP) is 3.17. The highest BCUT2D eigenvalue weighted by Crippen LogP contribution is 2.35. The van der Waals surface area contributed by atoms with Crippen molar-refractivity contribution in [2.45, 2.75) is 6.92 Å². The maximum atomic E-state index is 11.7. The number of ether oxygens (including phenoxy) is 3. The van der Waals surface area contributed by atoms with Gasteiger partial charge in [0.25, 0.3) is 0 Å². The summed E-state index contributed by atoms with van der Waals surface area (Å²) >= 11 is 1.55. The largest absolute Gasteiger partial charge is 0.481 e. The van der Waals surface area contributed by atoms with E-state index >= 15 is 0 Å². The summed E-state index contributed by atoms with van der Waals surface area (Å²) in [7, 11) is 1.58. The van der Waals surface area contributed by atoms with Gasteiger partial charge in [0.1, 0.15) is 0 Å². The highest BCUT2D eigenvalue weighted by molar-refractivity contribution is 7.20. The minimum atomic E-state index is -0.362. The van der Waals surface area contributed by atoms with Crippen LogP contribution < -0.4 is 9.64 Å². The minimum absolute atomic E-state index is 0.349. The molecular weight excluding hydrogens is 404 g/mol. The Morgan fingerprint density at radius 2 is 2.13 bits per heavy atom. The van der Waals surface area contributed by atoms with Gasteiger partial charge in [-0.3, -0.25) is 0 Å². The number of morpholine rings is 1. The van der Waals surface area contributed by atoms with Crippen molar-refractivity contribution < 1.29 is 19.0 Å². The van der Waals surface area contributed by atoms with Gasteiger partial charge in [-0.2, -0.15) is 0 Å². The summed E-state index contributed by atoms with van der Waals surface area (Å²) in [5.41, 5.74) is 1.63. The fraction of sp³-hybridized carbons (Fsp3) is 0.333. The van der Waals surface area contributed by atoms with E-state index in [1.54, 1.807) is 43.7 Å². The molecule has 1 aliphatic heterocycles. The zero-order valence-corrected chi connectivity index (χ0v) is 17.6. The van der Waals surface area contributed by atoms with E-state index in [2.05, 4.69) is 9.88 Å². The molecule has 4 heterocycles. The van der Waals surface area contributed by atoms with Gasteiger partial charge in [0.2, 0.25) is 5.88 Å². The highest BCUT2D eigenvalue weighted by atomic mass is 32.1. The SMILES string of the molecule is CCOC(=O)/C=C/c1cc2nc(-c3ccc(OC)nc3)nc(N3CCOCC3)c2s1. The second kappa shape index (κ2) is 9.19. The van der Waals surface area contributed by atoms with Crippen LogP contribution in [0.25, 0.3) is 27.7 Å². The predicted molar refractivity (Wildman–Crippen MR) is 116 cm³/mol. The molecule has 4 rings (SSSR count). The van der Waals surface area contributed by atoms with Crippen molar-refractivity contribution in [1.82, 2.24) is 15.0 Å². The van der Waals surface area contributed by atoms with Crippen molar-refractivity contribution in [3.05, 3.63) is 35.3 Å². The van der Waals surface area contributed by atoms with Crippen LogP contribution in [0.5, 0.6) is 5.88 Å². The number of aromatic nitrogens is 3. The van der Waals surface area contributed by atoms with E-state index in [0.29, 0.717) is 31.5 Å². The number of hydrogen-bond acceptors (Lipinski definition) is 9. The molecule has 0 aromatic carbocycles. The maximum absolute atomic E-state index is 11.7. The summed E-state index contributed by atoms with van der Waals surface area (Å²) in [6.45, 7) is 4.97. The summed E-state index contributed by atoms with van der Waals surface area (Å²) in [5.74, 6) is 1.64. The molecule has 1 fully saturated rings. The average Bonchev–Trinajstić information content (AvgIpc) is 3.21. The van der Waals surface area contributed by atoms with Crippen LogP contribution in [-0.2, 0) is 14.3 Å². The molecule has 1 saturated heterocycles. The fourth-order valence-electron chi connectivity index (χ4n) is 3.11. The second-order valence-corrected chi connectivity index (χ2v) is 7.59. The number of carbonyl (C=O) groups is 1. The van der Waals surface area contributed by atoms with Crippen LogP contribution in [0.1, 0.15) is 11.8 Å². The monoisotopic (exact) mass is 426 g/mol. The molecule has 30 heavy (non-hydrogen) atoms. The summed E-state index contributed by atoms with van der Waals surface area (Å²) < 4.78 is 16.6. The van der Waals surface area contributed by atoms with Gasteiger partial charge >= 0.3 is 5.97 Å². The number of rotatable bonds is 6. The summed E-state index contributed by atoms with van der Waals surface area (Å²) in [5, 5.41) is 0. The summed E-state index contributed by atoms with van der Waals surface area (Å²) in [4.78, 5) is 28.7. The van der Waals surface area contributed by atoms with Gasteiger partial charge in [-0.1, -0.05) is 0 Å². The first kappa shape index (κ1) is 20.2. The van der Waals surface area contributed by atoms with Gasteiger partial charge in [0.05, 0.1) is 37.1 Å². The molecule has 9 heteroatoms.